The zero-order valence-corrected chi connectivity index (χ0v) is 12.4. The molecule has 4 nitrogen and oxygen atoms in total. The van der Waals surface area contributed by atoms with Crippen LogP contribution < -0.4 is 10.2 Å². The van der Waals surface area contributed by atoms with Crippen LogP contribution in [0, 0.1) is 5.92 Å². The third-order valence-corrected chi connectivity index (χ3v) is 3.85. The number of aromatic nitrogens is 2. The molecular weight excluding hydrogens is 236 g/mol. The Labute approximate surface area is 116 Å². The first-order valence-electron chi connectivity index (χ1n) is 7.41. The van der Waals surface area contributed by atoms with Gasteiger partial charge in [-0.1, -0.05) is 13.3 Å². The molecule has 1 N–H and O–H groups in total. The molecule has 0 saturated carbocycles. The van der Waals surface area contributed by atoms with Crippen molar-refractivity contribution in [3.63, 3.8) is 0 Å². The number of fused-ring (bicyclic) bond motifs is 1. The highest BCUT2D eigenvalue weighted by molar-refractivity contribution is 5.48. The van der Waals surface area contributed by atoms with Crippen LogP contribution in [-0.4, -0.2) is 37.2 Å². The van der Waals surface area contributed by atoms with Crippen LogP contribution in [0.25, 0.3) is 0 Å². The fourth-order valence-corrected chi connectivity index (χ4v) is 2.98. The van der Waals surface area contributed by atoms with E-state index in [1.54, 1.807) is 6.33 Å². The van der Waals surface area contributed by atoms with Gasteiger partial charge in [0.05, 0.1) is 0 Å². The van der Waals surface area contributed by atoms with Crippen LogP contribution >= 0.6 is 0 Å². The van der Waals surface area contributed by atoms with Crippen molar-refractivity contribution in [2.45, 2.75) is 39.0 Å². The number of nitrogens with zero attached hydrogens (tertiary/aromatic N) is 3. The SMILES string of the molecule is CNCC(C)CN(C)c1ncnc2c1CCCCC2. The van der Waals surface area contributed by atoms with Crippen LogP contribution in [0.15, 0.2) is 6.33 Å². The number of anilines is 1. The van der Waals surface area contributed by atoms with Crippen molar-refractivity contribution in [2.24, 2.45) is 5.92 Å². The van der Waals surface area contributed by atoms with Crippen molar-refractivity contribution in [3.05, 3.63) is 17.6 Å². The Balaban J connectivity index is 2.15. The summed E-state index contributed by atoms with van der Waals surface area (Å²) in [6.45, 7) is 4.34. The molecule has 106 valence electrons. The van der Waals surface area contributed by atoms with Crippen LogP contribution in [0.5, 0.6) is 0 Å². The largest absolute Gasteiger partial charge is 0.359 e. The maximum atomic E-state index is 4.54. The van der Waals surface area contributed by atoms with Gasteiger partial charge in [0.25, 0.3) is 0 Å². The molecule has 0 spiro atoms. The molecule has 4 heteroatoms. The lowest BCUT2D eigenvalue weighted by atomic mass is 10.1. The molecule has 0 bridgehead atoms. The third kappa shape index (κ3) is 3.66. The van der Waals surface area contributed by atoms with Gasteiger partial charge in [0, 0.05) is 24.8 Å². The normalized spacial score (nSPS) is 16.6. The lowest BCUT2D eigenvalue weighted by Crippen LogP contribution is -2.31. The minimum Gasteiger partial charge on any atom is -0.359 e. The Morgan fingerprint density at radius 3 is 2.84 bits per heavy atom. The summed E-state index contributed by atoms with van der Waals surface area (Å²) in [5, 5.41) is 3.24. The van der Waals surface area contributed by atoms with Gasteiger partial charge < -0.3 is 10.2 Å². The number of aryl methyl sites for hydroxylation is 1. The molecular formula is C15H26N4. The molecule has 0 radical (unpaired) electrons. The van der Waals surface area contributed by atoms with E-state index >= 15 is 0 Å². The van der Waals surface area contributed by atoms with Crippen LogP contribution in [-0.2, 0) is 12.8 Å². The van der Waals surface area contributed by atoms with E-state index in [1.165, 1.54) is 30.5 Å². The van der Waals surface area contributed by atoms with E-state index < -0.39 is 0 Å². The average Bonchev–Trinajstić information content (AvgIpc) is 2.63. The summed E-state index contributed by atoms with van der Waals surface area (Å²) in [5.74, 6) is 1.77. The quantitative estimate of drug-likeness (QED) is 0.825. The van der Waals surface area contributed by atoms with Gasteiger partial charge in [-0.2, -0.15) is 0 Å². The van der Waals surface area contributed by atoms with E-state index in [2.05, 4.69) is 34.2 Å². The number of hydrogen-bond acceptors (Lipinski definition) is 4. The smallest absolute Gasteiger partial charge is 0.135 e. The summed E-state index contributed by atoms with van der Waals surface area (Å²) >= 11 is 0. The zero-order valence-electron chi connectivity index (χ0n) is 12.4. The molecule has 1 aromatic rings. The van der Waals surface area contributed by atoms with Crippen molar-refractivity contribution in [1.82, 2.24) is 15.3 Å². The van der Waals surface area contributed by atoms with Crippen LogP contribution in [0.3, 0.4) is 0 Å². The summed E-state index contributed by atoms with van der Waals surface area (Å²) in [6.07, 6.45) is 7.84. The van der Waals surface area contributed by atoms with E-state index in [4.69, 9.17) is 0 Å². The van der Waals surface area contributed by atoms with Gasteiger partial charge in [0.1, 0.15) is 12.1 Å². The van der Waals surface area contributed by atoms with E-state index in [0.717, 1.165) is 31.7 Å². The van der Waals surface area contributed by atoms with E-state index in [0.29, 0.717) is 5.92 Å². The number of hydrogen-bond donors (Lipinski definition) is 1. The molecule has 0 aromatic carbocycles. The summed E-state index contributed by atoms with van der Waals surface area (Å²) < 4.78 is 0. The van der Waals surface area contributed by atoms with Crippen molar-refractivity contribution in [1.29, 1.82) is 0 Å². The molecule has 1 unspecified atom stereocenters. The maximum Gasteiger partial charge on any atom is 0.135 e. The molecule has 1 aliphatic carbocycles. The molecule has 1 aliphatic rings. The Morgan fingerprint density at radius 1 is 1.26 bits per heavy atom. The van der Waals surface area contributed by atoms with Gasteiger partial charge in [-0.15, -0.1) is 0 Å². The Bertz CT molecular complexity index is 405. The summed E-state index contributed by atoms with van der Waals surface area (Å²) in [5.41, 5.74) is 2.66. The fraction of sp³-hybridized carbons (Fsp3) is 0.733. The van der Waals surface area contributed by atoms with E-state index in [9.17, 15) is 0 Å². The predicted molar refractivity (Wildman–Crippen MR) is 79.7 cm³/mol. The van der Waals surface area contributed by atoms with Crippen LogP contribution in [0.1, 0.15) is 37.4 Å². The van der Waals surface area contributed by atoms with E-state index in [-0.39, 0.29) is 0 Å². The number of rotatable bonds is 5. The van der Waals surface area contributed by atoms with Crippen LogP contribution in [0.2, 0.25) is 0 Å². The minimum atomic E-state index is 0.617. The lowest BCUT2D eigenvalue weighted by molar-refractivity contribution is 0.539. The third-order valence-electron chi connectivity index (χ3n) is 3.85. The van der Waals surface area contributed by atoms with Gasteiger partial charge in [0.15, 0.2) is 0 Å². The Hall–Kier alpha value is -1.16. The molecule has 1 atom stereocenters. The molecule has 0 aliphatic heterocycles. The molecule has 1 heterocycles. The minimum absolute atomic E-state index is 0.617. The topological polar surface area (TPSA) is 41.0 Å². The average molecular weight is 262 g/mol. The second kappa shape index (κ2) is 6.85. The summed E-state index contributed by atoms with van der Waals surface area (Å²) in [7, 11) is 4.16. The lowest BCUT2D eigenvalue weighted by Gasteiger charge is -2.25. The second-order valence-corrected chi connectivity index (χ2v) is 5.73. The Morgan fingerprint density at radius 2 is 2.05 bits per heavy atom. The first-order chi connectivity index (χ1) is 9.22. The Kier molecular flexibility index (Phi) is 5.14. The van der Waals surface area contributed by atoms with Gasteiger partial charge in [-0.25, -0.2) is 9.97 Å². The molecule has 0 saturated heterocycles. The maximum absolute atomic E-state index is 4.54. The summed E-state index contributed by atoms with van der Waals surface area (Å²) in [4.78, 5) is 11.3. The van der Waals surface area contributed by atoms with Crippen molar-refractivity contribution >= 4 is 5.82 Å². The first kappa shape index (κ1) is 14.3. The standard InChI is InChI=1S/C15H26N4/c1-12(9-16-2)10-19(3)15-13-7-5-4-6-8-14(13)17-11-18-15/h11-12,16H,4-10H2,1-3H3. The van der Waals surface area contributed by atoms with Crippen molar-refractivity contribution in [3.8, 4) is 0 Å². The molecule has 0 amide bonds. The second-order valence-electron chi connectivity index (χ2n) is 5.73. The zero-order chi connectivity index (χ0) is 13.7. The summed E-state index contributed by atoms with van der Waals surface area (Å²) in [6, 6.07) is 0. The van der Waals surface area contributed by atoms with Gasteiger partial charge in [0.2, 0.25) is 0 Å². The molecule has 0 fully saturated rings. The van der Waals surface area contributed by atoms with Crippen molar-refractivity contribution in [2.75, 3.05) is 32.1 Å². The van der Waals surface area contributed by atoms with Crippen LogP contribution in [0.4, 0.5) is 5.82 Å². The predicted octanol–water partition coefficient (Wildman–Crippen LogP) is 2.04. The van der Waals surface area contributed by atoms with Gasteiger partial charge in [-0.3, -0.25) is 0 Å². The highest BCUT2D eigenvalue weighted by Crippen LogP contribution is 2.26. The first-order valence-corrected chi connectivity index (χ1v) is 7.41. The number of nitrogens with one attached hydrogen (secondary N) is 1. The molecule has 2 rings (SSSR count). The van der Waals surface area contributed by atoms with E-state index in [1.807, 2.05) is 7.05 Å². The molecule has 19 heavy (non-hydrogen) atoms. The monoisotopic (exact) mass is 262 g/mol. The van der Waals surface area contributed by atoms with Crippen molar-refractivity contribution < 1.29 is 0 Å². The molecule has 1 aromatic heterocycles. The van der Waals surface area contributed by atoms with Gasteiger partial charge >= 0.3 is 0 Å². The highest BCUT2D eigenvalue weighted by Gasteiger charge is 2.17. The van der Waals surface area contributed by atoms with Gasteiger partial charge in [-0.05, 0) is 45.2 Å². The highest BCUT2D eigenvalue weighted by atomic mass is 15.2. The fourth-order valence-electron chi connectivity index (χ4n) is 2.98.